The van der Waals surface area contributed by atoms with Gasteiger partial charge in [-0.3, -0.25) is 0 Å². The smallest absolute Gasteiger partial charge is 0.0957 e. The van der Waals surface area contributed by atoms with Gasteiger partial charge in [-0.2, -0.15) is 5.26 Å². The van der Waals surface area contributed by atoms with Crippen LogP contribution in [0.2, 0.25) is 0 Å². The summed E-state index contributed by atoms with van der Waals surface area (Å²) in [7, 11) is 1.83. The van der Waals surface area contributed by atoms with E-state index >= 15 is 0 Å². The molecular formula is C7H12N2. The Bertz CT molecular complexity index is 128. The Kier molecular flexibility index (Phi) is 3.74. The highest BCUT2D eigenvalue weighted by Gasteiger charge is 2.04. The fourth-order valence-electron chi connectivity index (χ4n) is 0.703. The predicted octanol–water partition coefficient (Wildman–Crippen LogP) is 1.06. The molecule has 0 heterocycles. The fourth-order valence-corrected chi connectivity index (χ4v) is 0.703. The number of nitrogens with one attached hydrogen (secondary N) is 1. The zero-order valence-electron chi connectivity index (χ0n) is 5.94. The van der Waals surface area contributed by atoms with Gasteiger partial charge in [0.25, 0.3) is 0 Å². The second kappa shape index (κ2) is 4.11. The molecule has 1 N–H and O–H groups in total. The van der Waals surface area contributed by atoms with E-state index in [0.29, 0.717) is 5.57 Å². The maximum absolute atomic E-state index is 8.38. The summed E-state index contributed by atoms with van der Waals surface area (Å²) in [6.45, 7) is 5.61. The lowest BCUT2D eigenvalue weighted by Crippen LogP contribution is -2.25. The van der Waals surface area contributed by atoms with Gasteiger partial charge in [-0.15, -0.1) is 0 Å². The standard InChI is InChI=1S/C7H12N2/c1-4-7(9-3)6(2)5-8/h7,9H,2,4H2,1,3H3/t7-/m0/s1. The van der Waals surface area contributed by atoms with Crippen LogP contribution in [0.5, 0.6) is 0 Å². The molecule has 0 aliphatic rings. The van der Waals surface area contributed by atoms with E-state index in [0.717, 1.165) is 6.42 Å². The van der Waals surface area contributed by atoms with Crippen molar-refractivity contribution in [1.82, 2.24) is 5.32 Å². The van der Waals surface area contributed by atoms with Crippen LogP contribution in [0.25, 0.3) is 0 Å². The molecule has 2 heteroatoms. The van der Waals surface area contributed by atoms with E-state index in [1.807, 2.05) is 20.0 Å². The number of hydrogen-bond acceptors (Lipinski definition) is 2. The SMILES string of the molecule is C=C(C#N)[C@H](CC)NC. The number of hydrogen-bond donors (Lipinski definition) is 1. The van der Waals surface area contributed by atoms with Crippen LogP contribution in [0.3, 0.4) is 0 Å². The molecule has 0 radical (unpaired) electrons. The first-order valence-electron chi connectivity index (χ1n) is 3.02. The topological polar surface area (TPSA) is 35.8 Å². The first-order chi connectivity index (χ1) is 4.26. The molecule has 0 aromatic heterocycles. The fraction of sp³-hybridized carbons (Fsp3) is 0.571. The van der Waals surface area contributed by atoms with Gasteiger partial charge in [0.05, 0.1) is 6.07 Å². The van der Waals surface area contributed by atoms with Gasteiger partial charge in [-0.1, -0.05) is 13.5 Å². The van der Waals surface area contributed by atoms with E-state index in [2.05, 4.69) is 11.9 Å². The number of rotatable bonds is 3. The normalized spacial score (nSPS) is 12.1. The number of nitriles is 1. The first kappa shape index (κ1) is 8.19. The average Bonchev–Trinajstić information content (AvgIpc) is 1.90. The van der Waals surface area contributed by atoms with Gasteiger partial charge in [0.2, 0.25) is 0 Å². The molecule has 0 saturated carbocycles. The van der Waals surface area contributed by atoms with Crippen molar-refractivity contribution in [3.8, 4) is 6.07 Å². The summed E-state index contributed by atoms with van der Waals surface area (Å²) in [6, 6.07) is 2.17. The second-order valence-corrected chi connectivity index (χ2v) is 1.89. The monoisotopic (exact) mass is 124 g/mol. The molecule has 2 nitrogen and oxygen atoms in total. The third kappa shape index (κ3) is 2.29. The predicted molar refractivity (Wildman–Crippen MR) is 37.9 cm³/mol. The Morgan fingerprint density at radius 3 is 2.56 bits per heavy atom. The van der Waals surface area contributed by atoms with E-state index in [-0.39, 0.29) is 6.04 Å². The van der Waals surface area contributed by atoms with E-state index in [1.165, 1.54) is 0 Å². The van der Waals surface area contributed by atoms with E-state index in [4.69, 9.17) is 5.26 Å². The molecule has 0 aromatic carbocycles. The molecule has 0 aliphatic heterocycles. The van der Waals surface area contributed by atoms with Crippen molar-refractivity contribution in [2.45, 2.75) is 19.4 Å². The molecule has 0 saturated heterocycles. The molecule has 0 amide bonds. The Labute approximate surface area is 56.2 Å². The molecule has 0 aromatic rings. The molecule has 0 aliphatic carbocycles. The summed E-state index contributed by atoms with van der Waals surface area (Å²) >= 11 is 0. The lowest BCUT2D eigenvalue weighted by atomic mass is 10.1. The van der Waals surface area contributed by atoms with Gasteiger partial charge in [0.15, 0.2) is 0 Å². The van der Waals surface area contributed by atoms with E-state index in [9.17, 15) is 0 Å². The highest BCUT2D eigenvalue weighted by Crippen LogP contribution is 2.00. The molecule has 0 fully saturated rings. The summed E-state index contributed by atoms with van der Waals surface area (Å²) in [6.07, 6.45) is 0.920. The maximum Gasteiger partial charge on any atom is 0.0957 e. The third-order valence-electron chi connectivity index (χ3n) is 1.32. The van der Waals surface area contributed by atoms with Gasteiger partial charge in [0.1, 0.15) is 0 Å². The third-order valence-corrected chi connectivity index (χ3v) is 1.32. The minimum Gasteiger partial charge on any atom is -0.312 e. The zero-order chi connectivity index (χ0) is 7.28. The van der Waals surface area contributed by atoms with Gasteiger partial charge in [0, 0.05) is 11.6 Å². The van der Waals surface area contributed by atoms with Crippen LogP contribution in [0.4, 0.5) is 0 Å². The zero-order valence-corrected chi connectivity index (χ0v) is 5.94. The van der Waals surface area contributed by atoms with Gasteiger partial charge in [-0.25, -0.2) is 0 Å². The van der Waals surface area contributed by atoms with Crippen LogP contribution in [0.1, 0.15) is 13.3 Å². The van der Waals surface area contributed by atoms with Crippen LogP contribution in [-0.2, 0) is 0 Å². The number of likely N-dealkylation sites (N-methyl/N-ethyl adjacent to an activating group) is 1. The van der Waals surface area contributed by atoms with Crippen LogP contribution in [0.15, 0.2) is 12.2 Å². The van der Waals surface area contributed by atoms with Crippen molar-refractivity contribution in [2.24, 2.45) is 0 Å². The Morgan fingerprint density at radius 1 is 1.89 bits per heavy atom. The summed E-state index contributed by atoms with van der Waals surface area (Å²) < 4.78 is 0. The van der Waals surface area contributed by atoms with Crippen LogP contribution < -0.4 is 5.32 Å². The quantitative estimate of drug-likeness (QED) is 0.571. The van der Waals surface area contributed by atoms with E-state index < -0.39 is 0 Å². The largest absolute Gasteiger partial charge is 0.312 e. The van der Waals surface area contributed by atoms with Crippen LogP contribution >= 0.6 is 0 Å². The van der Waals surface area contributed by atoms with Gasteiger partial charge in [-0.05, 0) is 13.5 Å². The minimum atomic E-state index is 0.162. The van der Waals surface area contributed by atoms with Crippen LogP contribution in [0, 0.1) is 11.3 Å². The van der Waals surface area contributed by atoms with Crippen molar-refractivity contribution in [3.63, 3.8) is 0 Å². The summed E-state index contributed by atoms with van der Waals surface area (Å²) in [5.41, 5.74) is 0.611. The summed E-state index contributed by atoms with van der Waals surface area (Å²) in [5, 5.41) is 11.4. The molecule has 0 rings (SSSR count). The lowest BCUT2D eigenvalue weighted by molar-refractivity contribution is 0.631. The molecule has 0 spiro atoms. The Hall–Kier alpha value is -0.810. The van der Waals surface area contributed by atoms with Crippen molar-refractivity contribution in [2.75, 3.05) is 7.05 Å². The maximum atomic E-state index is 8.38. The summed E-state index contributed by atoms with van der Waals surface area (Å²) in [5.74, 6) is 0. The Balaban J connectivity index is 3.83. The highest BCUT2D eigenvalue weighted by atomic mass is 14.9. The minimum absolute atomic E-state index is 0.162. The van der Waals surface area contributed by atoms with Crippen molar-refractivity contribution in [3.05, 3.63) is 12.2 Å². The van der Waals surface area contributed by atoms with E-state index in [1.54, 1.807) is 0 Å². The van der Waals surface area contributed by atoms with Crippen molar-refractivity contribution in [1.29, 1.82) is 5.26 Å². The molecule has 9 heavy (non-hydrogen) atoms. The van der Waals surface area contributed by atoms with Gasteiger partial charge >= 0.3 is 0 Å². The average molecular weight is 124 g/mol. The summed E-state index contributed by atoms with van der Waals surface area (Å²) in [4.78, 5) is 0. The van der Waals surface area contributed by atoms with Crippen molar-refractivity contribution < 1.29 is 0 Å². The molecular weight excluding hydrogens is 112 g/mol. The van der Waals surface area contributed by atoms with Crippen molar-refractivity contribution >= 4 is 0 Å². The lowest BCUT2D eigenvalue weighted by Gasteiger charge is -2.09. The molecule has 0 unspecified atom stereocenters. The molecule has 0 bridgehead atoms. The highest BCUT2D eigenvalue weighted by molar-refractivity contribution is 5.22. The Morgan fingerprint density at radius 2 is 2.44 bits per heavy atom. The number of nitrogens with zero attached hydrogens (tertiary/aromatic N) is 1. The molecule has 1 atom stereocenters. The first-order valence-corrected chi connectivity index (χ1v) is 3.02. The van der Waals surface area contributed by atoms with Crippen LogP contribution in [-0.4, -0.2) is 13.1 Å². The second-order valence-electron chi connectivity index (χ2n) is 1.89. The molecule has 50 valence electrons. The van der Waals surface area contributed by atoms with Gasteiger partial charge < -0.3 is 5.32 Å².